The van der Waals surface area contributed by atoms with E-state index in [0.29, 0.717) is 34.5 Å². The number of ether oxygens (including phenoxy) is 1. The van der Waals surface area contributed by atoms with Crippen LogP contribution in [0.3, 0.4) is 0 Å². The quantitative estimate of drug-likeness (QED) is 0.743. The first-order chi connectivity index (χ1) is 8.17. The third-order valence-electron chi connectivity index (χ3n) is 2.47. The summed E-state index contributed by atoms with van der Waals surface area (Å²) in [4.78, 5) is 11.8. The molecular formula is C13H11NO3. The summed E-state index contributed by atoms with van der Waals surface area (Å²) < 4.78 is 10.4. The topological polar surface area (TPSA) is 63.2 Å². The van der Waals surface area contributed by atoms with Crippen molar-refractivity contribution in [2.24, 2.45) is 0 Å². The second-order valence-electron chi connectivity index (χ2n) is 3.58. The number of carbonyl (C=O) groups excluding carboxylic acids is 1. The van der Waals surface area contributed by atoms with Crippen LogP contribution in [-0.4, -0.2) is 12.6 Å². The van der Waals surface area contributed by atoms with E-state index in [1.807, 2.05) is 6.07 Å². The highest BCUT2D eigenvalue weighted by Gasteiger charge is 2.19. The van der Waals surface area contributed by atoms with Gasteiger partial charge in [0, 0.05) is 5.39 Å². The molecule has 0 fully saturated rings. The third kappa shape index (κ3) is 1.87. The van der Waals surface area contributed by atoms with Gasteiger partial charge in [-0.3, -0.25) is 0 Å². The Morgan fingerprint density at radius 2 is 2.29 bits per heavy atom. The van der Waals surface area contributed by atoms with Crippen LogP contribution in [-0.2, 0) is 4.74 Å². The van der Waals surface area contributed by atoms with Gasteiger partial charge in [-0.1, -0.05) is 0 Å². The molecule has 0 atom stereocenters. The number of hydrogen-bond donors (Lipinski definition) is 0. The van der Waals surface area contributed by atoms with E-state index in [9.17, 15) is 4.79 Å². The smallest absolute Gasteiger partial charge is 0.342 e. The number of esters is 1. The van der Waals surface area contributed by atoms with E-state index in [0.717, 1.165) is 0 Å². The second-order valence-corrected chi connectivity index (χ2v) is 3.58. The highest BCUT2D eigenvalue weighted by atomic mass is 16.5. The van der Waals surface area contributed by atoms with Crippen LogP contribution in [0.25, 0.3) is 11.0 Å². The van der Waals surface area contributed by atoms with Crippen LogP contribution < -0.4 is 0 Å². The lowest BCUT2D eigenvalue weighted by atomic mass is 10.1. The predicted molar refractivity (Wildman–Crippen MR) is 61.6 cm³/mol. The monoisotopic (exact) mass is 229 g/mol. The number of nitriles is 1. The number of nitrogens with zero attached hydrogens (tertiary/aromatic N) is 1. The van der Waals surface area contributed by atoms with Crippen molar-refractivity contribution in [1.82, 2.24) is 0 Å². The van der Waals surface area contributed by atoms with E-state index in [-0.39, 0.29) is 0 Å². The Morgan fingerprint density at radius 3 is 2.94 bits per heavy atom. The maximum atomic E-state index is 11.8. The minimum Gasteiger partial charge on any atom is -0.462 e. The van der Waals surface area contributed by atoms with Crippen LogP contribution >= 0.6 is 0 Å². The molecule has 0 saturated heterocycles. The molecule has 0 radical (unpaired) electrons. The van der Waals surface area contributed by atoms with Crippen molar-refractivity contribution in [2.45, 2.75) is 13.8 Å². The summed E-state index contributed by atoms with van der Waals surface area (Å²) in [7, 11) is 0. The van der Waals surface area contributed by atoms with Gasteiger partial charge in [-0.15, -0.1) is 0 Å². The molecule has 0 unspecified atom stereocenters. The number of fused-ring (bicyclic) bond motifs is 1. The van der Waals surface area contributed by atoms with E-state index in [4.69, 9.17) is 14.4 Å². The molecule has 0 aliphatic rings. The van der Waals surface area contributed by atoms with Crippen molar-refractivity contribution in [3.05, 3.63) is 35.1 Å². The Kier molecular flexibility index (Phi) is 2.84. The summed E-state index contributed by atoms with van der Waals surface area (Å²) >= 11 is 0. The first-order valence-corrected chi connectivity index (χ1v) is 5.27. The van der Waals surface area contributed by atoms with Gasteiger partial charge in [0.1, 0.15) is 16.9 Å². The largest absolute Gasteiger partial charge is 0.462 e. The number of carbonyl (C=O) groups is 1. The molecule has 0 aliphatic heterocycles. The molecule has 17 heavy (non-hydrogen) atoms. The Bertz CT molecular complexity index is 619. The van der Waals surface area contributed by atoms with Crippen molar-refractivity contribution >= 4 is 16.9 Å². The van der Waals surface area contributed by atoms with E-state index in [1.54, 1.807) is 32.0 Å². The van der Waals surface area contributed by atoms with Crippen LogP contribution in [0.2, 0.25) is 0 Å². The summed E-state index contributed by atoms with van der Waals surface area (Å²) in [5, 5.41) is 9.46. The minimum atomic E-state index is -0.418. The molecule has 0 N–H and O–H groups in total. The van der Waals surface area contributed by atoms with Crippen molar-refractivity contribution in [3.8, 4) is 6.07 Å². The molecule has 86 valence electrons. The van der Waals surface area contributed by atoms with Crippen LogP contribution in [0.4, 0.5) is 0 Å². The molecule has 2 aromatic rings. The van der Waals surface area contributed by atoms with Gasteiger partial charge >= 0.3 is 5.97 Å². The Labute approximate surface area is 98.4 Å². The highest BCUT2D eigenvalue weighted by Crippen LogP contribution is 2.27. The average Bonchev–Trinajstić information content (AvgIpc) is 2.64. The maximum Gasteiger partial charge on any atom is 0.342 e. The summed E-state index contributed by atoms with van der Waals surface area (Å²) in [6.07, 6.45) is 0. The van der Waals surface area contributed by atoms with E-state index in [1.165, 1.54) is 0 Å². The van der Waals surface area contributed by atoms with Crippen LogP contribution in [0.15, 0.2) is 22.6 Å². The standard InChI is InChI=1S/C13H11NO3/c1-3-16-13(15)12-8(2)17-11-5-4-9(7-14)6-10(11)12/h4-6H,3H2,1-2H3. The van der Waals surface area contributed by atoms with Gasteiger partial charge in [0.15, 0.2) is 0 Å². The zero-order chi connectivity index (χ0) is 12.4. The molecule has 1 heterocycles. The molecule has 0 bridgehead atoms. The number of aryl methyl sites for hydroxylation is 1. The van der Waals surface area contributed by atoms with Crippen LogP contribution in [0.5, 0.6) is 0 Å². The zero-order valence-corrected chi connectivity index (χ0v) is 9.61. The van der Waals surface area contributed by atoms with Crippen molar-refractivity contribution < 1.29 is 13.9 Å². The number of furan rings is 1. The minimum absolute atomic E-state index is 0.308. The van der Waals surface area contributed by atoms with E-state index >= 15 is 0 Å². The molecule has 2 rings (SSSR count). The van der Waals surface area contributed by atoms with Gasteiger partial charge in [0.25, 0.3) is 0 Å². The fourth-order valence-corrected chi connectivity index (χ4v) is 1.75. The summed E-state index contributed by atoms with van der Waals surface area (Å²) in [6.45, 7) is 3.76. The summed E-state index contributed by atoms with van der Waals surface area (Å²) in [5.41, 5.74) is 1.48. The number of rotatable bonds is 2. The lowest BCUT2D eigenvalue weighted by molar-refractivity contribution is 0.0526. The van der Waals surface area contributed by atoms with Gasteiger partial charge in [0.05, 0.1) is 18.2 Å². The number of benzene rings is 1. The van der Waals surface area contributed by atoms with Crippen molar-refractivity contribution in [2.75, 3.05) is 6.61 Å². The first-order valence-electron chi connectivity index (χ1n) is 5.27. The first kappa shape index (κ1) is 11.2. The molecule has 4 heteroatoms. The van der Waals surface area contributed by atoms with Gasteiger partial charge in [0.2, 0.25) is 0 Å². The van der Waals surface area contributed by atoms with E-state index < -0.39 is 5.97 Å². The maximum absolute atomic E-state index is 11.8. The lowest BCUT2D eigenvalue weighted by Crippen LogP contribution is -2.05. The predicted octanol–water partition coefficient (Wildman–Crippen LogP) is 2.79. The van der Waals surface area contributed by atoms with Gasteiger partial charge in [-0.25, -0.2) is 4.79 Å². The molecule has 0 aliphatic carbocycles. The molecule has 1 aromatic carbocycles. The molecule has 0 saturated carbocycles. The second kappa shape index (κ2) is 4.30. The molecule has 1 aromatic heterocycles. The Balaban J connectivity index is 2.65. The summed E-state index contributed by atoms with van der Waals surface area (Å²) in [6, 6.07) is 7.01. The van der Waals surface area contributed by atoms with Crippen molar-refractivity contribution in [3.63, 3.8) is 0 Å². The molecule has 0 amide bonds. The SMILES string of the molecule is CCOC(=O)c1c(C)oc2ccc(C#N)cc12. The molecule has 0 spiro atoms. The van der Waals surface area contributed by atoms with Crippen molar-refractivity contribution in [1.29, 1.82) is 5.26 Å². The molecular weight excluding hydrogens is 218 g/mol. The zero-order valence-electron chi connectivity index (χ0n) is 9.61. The normalized spacial score (nSPS) is 10.2. The number of hydrogen-bond acceptors (Lipinski definition) is 4. The van der Waals surface area contributed by atoms with Gasteiger partial charge in [-0.2, -0.15) is 5.26 Å². The Morgan fingerprint density at radius 1 is 1.53 bits per heavy atom. The fraction of sp³-hybridized carbons (Fsp3) is 0.231. The lowest BCUT2D eigenvalue weighted by Gasteiger charge is -2.00. The average molecular weight is 229 g/mol. The van der Waals surface area contributed by atoms with Crippen LogP contribution in [0, 0.1) is 18.3 Å². The Hall–Kier alpha value is -2.28. The van der Waals surface area contributed by atoms with E-state index in [2.05, 4.69) is 0 Å². The van der Waals surface area contributed by atoms with Gasteiger partial charge < -0.3 is 9.15 Å². The molecule has 4 nitrogen and oxygen atoms in total. The third-order valence-corrected chi connectivity index (χ3v) is 2.47. The summed E-state index contributed by atoms with van der Waals surface area (Å²) in [5.74, 6) is 0.0902. The fourth-order valence-electron chi connectivity index (χ4n) is 1.75. The van der Waals surface area contributed by atoms with Crippen LogP contribution in [0.1, 0.15) is 28.6 Å². The van der Waals surface area contributed by atoms with Gasteiger partial charge in [-0.05, 0) is 32.0 Å². The highest BCUT2D eigenvalue weighted by molar-refractivity contribution is 6.04.